The average molecular weight is 477 g/mol. The molecule has 0 atom stereocenters. The number of hydrogen-bond acceptors (Lipinski definition) is 6. The van der Waals surface area contributed by atoms with Crippen LogP contribution in [0.5, 0.6) is 5.75 Å². The standard InChI is InChI=1S/C22H21ClN2O4S2/c1-14-3-5-18-16(11-14)21(17(13-24-18)22(26)25-7-9-30-10-8-25)31(27,28)20-12-15(23)4-6-19(20)29-2/h3-6,11-13H,7-10H2,1-2H3. The van der Waals surface area contributed by atoms with E-state index in [4.69, 9.17) is 16.3 Å². The van der Waals surface area contributed by atoms with Gasteiger partial charge in [0.05, 0.1) is 23.1 Å². The largest absolute Gasteiger partial charge is 0.495 e. The predicted octanol–water partition coefficient (Wildman–Crippen LogP) is 4.23. The number of aryl methyl sites for hydroxylation is 1. The highest BCUT2D eigenvalue weighted by Crippen LogP contribution is 2.37. The van der Waals surface area contributed by atoms with E-state index in [2.05, 4.69) is 4.98 Å². The van der Waals surface area contributed by atoms with Gasteiger partial charge in [-0.05, 0) is 37.3 Å². The van der Waals surface area contributed by atoms with Crippen LogP contribution in [0.25, 0.3) is 10.9 Å². The van der Waals surface area contributed by atoms with Crippen LogP contribution < -0.4 is 4.74 Å². The Morgan fingerprint density at radius 3 is 2.61 bits per heavy atom. The molecular formula is C22H21ClN2O4S2. The molecule has 1 aliphatic heterocycles. The summed E-state index contributed by atoms with van der Waals surface area (Å²) in [5.41, 5.74) is 1.42. The highest BCUT2D eigenvalue weighted by molar-refractivity contribution is 7.99. The maximum absolute atomic E-state index is 14.0. The molecule has 0 bridgehead atoms. The first-order chi connectivity index (χ1) is 14.8. The summed E-state index contributed by atoms with van der Waals surface area (Å²) in [7, 11) is -2.77. The number of aromatic nitrogens is 1. The number of hydrogen-bond donors (Lipinski definition) is 0. The summed E-state index contributed by atoms with van der Waals surface area (Å²) in [6, 6.07) is 9.78. The fourth-order valence-corrected chi connectivity index (χ4v) is 6.57. The molecule has 31 heavy (non-hydrogen) atoms. The molecule has 1 amide bonds. The Bertz CT molecular complexity index is 1270. The molecule has 0 N–H and O–H groups in total. The second kappa shape index (κ2) is 8.68. The molecule has 4 rings (SSSR count). The fraction of sp³-hybridized carbons (Fsp3) is 0.273. The third kappa shape index (κ3) is 4.12. The van der Waals surface area contributed by atoms with E-state index in [0.717, 1.165) is 17.1 Å². The summed E-state index contributed by atoms with van der Waals surface area (Å²) < 4.78 is 33.2. The van der Waals surface area contributed by atoms with Crippen molar-refractivity contribution in [2.45, 2.75) is 16.7 Å². The number of halogens is 1. The summed E-state index contributed by atoms with van der Waals surface area (Å²) in [6.45, 7) is 3.00. The van der Waals surface area contributed by atoms with Gasteiger partial charge in [0.15, 0.2) is 0 Å². The minimum atomic E-state index is -4.16. The summed E-state index contributed by atoms with van der Waals surface area (Å²) in [4.78, 5) is 19.3. The van der Waals surface area contributed by atoms with Gasteiger partial charge in [-0.2, -0.15) is 11.8 Å². The normalized spacial score (nSPS) is 14.6. The SMILES string of the molecule is COc1ccc(Cl)cc1S(=O)(=O)c1c(C(=O)N2CCSCC2)cnc2ccc(C)cc12. The number of fused-ring (bicyclic) bond motifs is 1. The number of pyridine rings is 1. The molecular weight excluding hydrogens is 456 g/mol. The van der Waals surface area contributed by atoms with Crippen LogP contribution in [0.2, 0.25) is 5.02 Å². The number of thioether (sulfide) groups is 1. The molecule has 1 fully saturated rings. The van der Waals surface area contributed by atoms with Gasteiger partial charge in [-0.3, -0.25) is 9.78 Å². The van der Waals surface area contributed by atoms with E-state index in [1.165, 1.54) is 25.4 Å². The van der Waals surface area contributed by atoms with Gasteiger partial charge in [0, 0.05) is 41.2 Å². The van der Waals surface area contributed by atoms with Gasteiger partial charge in [0.2, 0.25) is 9.84 Å². The van der Waals surface area contributed by atoms with Crippen LogP contribution in [-0.4, -0.2) is 55.9 Å². The number of carbonyl (C=O) groups excluding carboxylic acids is 1. The first-order valence-corrected chi connectivity index (χ1v) is 12.7. The Balaban J connectivity index is 2.02. The number of rotatable bonds is 4. The molecule has 162 valence electrons. The van der Waals surface area contributed by atoms with E-state index in [-0.39, 0.29) is 32.0 Å². The van der Waals surface area contributed by atoms with Crippen LogP contribution in [-0.2, 0) is 9.84 Å². The van der Waals surface area contributed by atoms with Crippen molar-refractivity contribution in [2.75, 3.05) is 31.7 Å². The van der Waals surface area contributed by atoms with Crippen LogP contribution in [0.3, 0.4) is 0 Å². The van der Waals surface area contributed by atoms with Crippen LogP contribution in [0.15, 0.2) is 52.4 Å². The van der Waals surface area contributed by atoms with E-state index in [9.17, 15) is 13.2 Å². The highest BCUT2D eigenvalue weighted by Gasteiger charge is 2.32. The monoisotopic (exact) mass is 476 g/mol. The minimum Gasteiger partial charge on any atom is -0.495 e. The molecule has 1 aromatic heterocycles. The molecule has 0 unspecified atom stereocenters. The van der Waals surface area contributed by atoms with Crippen molar-refractivity contribution in [3.8, 4) is 5.75 Å². The van der Waals surface area contributed by atoms with Crippen LogP contribution in [0.4, 0.5) is 0 Å². The van der Waals surface area contributed by atoms with Gasteiger partial charge < -0.3 is 9.64 Å². The summed E-state index contributed by atoms with van der Waals surface area (Å²) in [5, 5.41) is 0.661. The van der Waals surface area contributed by atoms with Crippen molar-refractivity contribution < 1.29 is 17.9 Å². The number of carbonyl (C=O) groups is 1. The smallest absolute Gasteiger partial charge is 0.256 e. The first kappa shape index (κ1) is 21.9. The Kier molecular flexibility index (Phi) is 6.14. The lowest BCUT2D eigenvalue weighted by atomic mass is 10.1. The van der Waals surface area contributed by atoms with Crippen LogP contribution in [0, 0.1) is 6.92 Å². The Morgan fingerprint density at radius 2 is 1.90 bits per heavy atom. The number of nitrogens with zero attached hydrogens (tertiary/aromatic N) is 2. The molecule has 2 heterocycles. The Hall–Kier alpha value is -2.29. The quantitative estimate of drug-likeness (QED) is 0.561. The van der Waals surface area contributed by atoms with Crippen molar-refractivity contribution in [1.29, 1.82) is 0 Å². The van der Waals surface area contributed by atoms with Crippen molar-refractivity contribution in [1.82, 2.24) is 9.88 Å². The number of benzene rings is 2. The van der Waals surface area contributed by atoms with E-state index in [0.29, 0.717) is 24.0 Å². The van der Waals surface area contributed by atoms with E-state index in [1.54, 1.807) is 34.9 Å². The zero-order chi connectivity index (χ0) is 22.2. The average Bonchev–Trinajstić information content (AvgIpc) is 2.78. The van der Waals surface area contributed by atoms with Gasteiger partial charge in [0.1, 0.15) is 10.6 Å². The molecule has 2 aromatic carbocycles. The van der Waals surface area contributed by atoms with Crippen LogP contribution in [0.1, 0.15) is 15.9 Å². The maximum atomic E-state index is 14.0. The van der Waals surface area contributed by atoms with Crippen molar-refractivity contribution in [3.63, 3.8) is 0 Å². The zero-order valence-corrected chi connectivity index (χ0v) is 19.5. The lowest BCUT2D eigenvalue weighted by Gasteiger charge is -2.27. The van der Waals surface area contributed by atoms with E-state index >= 15 is 0 Å². The summed E-state index contributed by atoms with van der Waals surface area (Å²) in [5.74, 6) is 1.46. The molecule has 0 spiro atoms. The van der Waals surface area contributed by atoms with Crippen molar-refractivity contribution >= 4 is 50.0 Å². The van der Waals surface area contributed by atoms with Gasteiger partial charge in [-0.15, -0.1) is 0 Å². The third-order valence-corrected chi connectivity index (χ3v) is 8.24. The second-order valence-electron chi connectivity index (χ2n) is 7.22. The zero-order valence-electron chi connectivity index (χ0n) is 17.1. The lowest BCUT2D eigenvalue weighted by molar-refractivity contribution is 0.0768. The molecule has 1 saturated heterocycles. The van der Waals surface area contributed by atoms with Gasteiger partial charge in [0.25, 0.3) is 5.91 Å². The summed E-state index contributed by atoms with van der Waals surface area (Å²) in [6.07, 6.45) is 1.37. The van der Waals surface area contributed by atoms with Gasteiger partial charge >= 0.3 is 0 Å². The molecule has 3 aromatic rings. The van der Waals surface area contributed by atoms with Crippen molar-refractivity contribution in [3.05, 3.63) is 58.7 Å². The maximum Gasteiger partial charge on any atom is 0.256 e. The molecule has 0 aliphatic carbocycles. The number of amides is 1. The number of ether oxygens (including phenoxy) is 1. The predicted molar refractivity (Wildman–Crippen MR) is 123 cm³/mol. The van der Waals surface area contributed by atoms with Crippen LogP contribution >= 0.6 is 23.4 Å². The minimum absolute atomic E-state index is 0.0621. The van der Waals surface area contributed by atoms with Gasteiger partial charge in [-0.25, -0.2) is 8.42 Å². The van der Waals surface area contributed by atoms with Crippen molar-refractivity contribution in [2.24, 2.45) is 0 Å². The molecule has 0 radical (unpaired) electrons. The molecule has 6 nitrogen and oxygen atoms in total. The molecule has 9 heteroatoms. The number of sulfone groups is 1. The second-order valence-corrected chi connectivity index (χ2v) is 10.7. The number of methoxy groups -OCH3 is 1. The lowest BCUT2D eigenvalue weighted by Crippen LogP contribution is -2.38. The molecule has 1 aliphatic rings. The summed E-state index contributed by atoms with van der Waals surface area (Å²) >= 11 is 7.89. The molecule has 0 saturated carbocycles. The fourth-order valence-electron chi connectivity index (χ4n) is 3.63. The Labute approximate surface area is 190 Å². The highest BCUT2D eigenvalue weighted by atomic mass is 35.5. The van der Waals surface area contributed by atoms with E-state index in [1.807, 2.05) is 13.0 Å². The topological polar surface area (TPSA) is 76.6 Å². The first-order valence-electron chi connectivity index (χ1n) is 9.68. The van der Waals surface area contributed by atoms with Gasteiger partial charge in [-0.1, -0.05) is 23.2 Å². The van der Waals surface area contributed by atoms with E-state index < -0.39 is 9.84 Å². The Morgan fingerprint density at radius 1 is 1.16 bits per heavy atom. The third-order valence-electron chi connectivity index (χ3n) is 5.19.